The van der Waals surface area contributed by atoms with E-state index in [1.165, 1.54) is 0 Å². The Labute approximate surface area is 170 Å². The van der Waals surface area contributed by atoms with Crippen LogP contribution in [0.4, 0.5) is 5.95 Å². The summed E-state index contributed by atoms with van der Waals surface area (Å²) in [5.74, 6) is 0.528. The van der Waals surface area contributed by atoms with Gasteiger partial charge >= 0.3 is 0 Å². The summed E-state index contributed by atoms with van der Waals surface area (Å²) in [6.45, 7) is 12.7. The van der Waals surface area contributed by atoms with E-state index in [9.17, 15) is 4.79 Å². The van der Waals surface area contributed by atoms with Crippen molar-refractivity contribution in [3.05, 3.63) is 69.5 Å². The highest BCUT2D eigenvalue weighted by Crippen LogP contribution is 2.36. The van der Waals surface area contributed by atoms with Crippen LogP contribution in [0, 0.1) is 13.8 Å². The number of aromatic nitrogens is 3. The second kappa shape index (κ2) is 6.95. The maximum Gasteiger partial charge on any atom is 0.260 e. The number of nitrogens with one attached hydrogen (secondary N) is 2. The van der Waals surface area contributed by atoms with Gasteiger partial charge in [0.05, 0.1) is 16.4 Å². The van der Waals surface area contributed by atoms with Crippen molar-refractivity contribution in [2.24, 2.45) is 0 Å². The zero-order chi connectivity index (χ0) is 20.0. The van der Waals surface area contributed by atoms with Crippen LogP contribution in [0.25, 0.3) is 32.7 Å². The standard InChI is InChI=1S/C22H21BrN4O/c1-5-9-27(10-6-2)22-25-20-12(3)17-15-11-14(23)7-8-16(15)24-19(17)13(4)18(20)21(28)26-22/h5-8,11,24H,1-2,9-10H2,3-4H3,(H,25,26,28). The molecular formula is C22H21BrN4O. The monoisotopic (exact) mass is 436 g/mol. The molecule has 4 rings (SSSR count). The summed E-state index contributed by atoms with van der Waals surface area (Å²) < 4.78 is 1.01. The first-order chi connectivity index (χ1) is 13.5. The Bertz CT molecular complexity index is 1310. The predicted octanol–water partition coefficient (Wildman–Crippen LogP) is 5.12. The number of aryl methyl sites for hydroxylation is 2. The Morgan fingerprint density at radius 2 is 1.82 bits per heavy atom. The molecule has 28 heavy (non-hydrogen) atoms. The van der Waals surface area contributed by atoms with Crippen LogP contribution >= 0.6 is 15.9 Å². The normalized spacial score (nSPS) is 11.4. The average molecular weight is 437 g/mol. The maximum absolute atomic E-state index is 13.0. The average Bonchev–Trinajstić information content (AvgIpc) is 3.04. The van der Waals surface area contributed by atoms with Gasteiger partial charge in [-0.25, -0.2) is 4.98 Å². The molecule has 0 saturated carbocycles. The van der Waals surface area contributed by atoms with Gasteiger partial charge < -0.3 is 9.88 Å². The van der Waals surface area contributed by atoms with Gasteiger partial charge in [-0.1, -0.05) is 28.1 Å². The minimum Gasteiger partial charge on any atom is -0.354 e. The molecule has 0 unspecified atom stereocenters. The smallest absolute Gasteiger partial charge is 0.260 e. The zero-order valence-corrected chi connectivity index (χ0v) is 17.5. The molecule has 0 fully saturated rings. The number of hydrogen-bond donors (Lipinski definition) is 2. The molecule has 2 aromatic heterocycles. The third-order valence-electron chi connectivity index (χ3n) is 5.15. The van der Waals surface area contributed by atoms with Gasteiger partial charge in [0.1, 0.15) is 0 Å². The fourth-order valence-corrected chi connectivity index (χ4v) is 4.23. The number of rotatable bonds is 5. The van der Waals surface area contributed by atoms with Crippen molar-refractivity contribution in [2.75, 3.05) is 18.0 Å². The summed E-state index contributed by atoms with van der Waals surface area (Å²) >= 11 is 3.56. The molecule has 142 valence electrons. The van der Waals surface area contributed by atoms with E-state index in [-0.39, 0.29) is 5.56 Å². The lowest BCUT2D eigenvalue weighted by molar-refractivity contribution is 0.891. The molecule has 0 aliphatic carbocycles. The molecule has 0 radical (unpaired) electrons. The lowest BCUT2D eigenvalue weighted by Gasteiger charge is -2.20. The Morgan fingerprint density at radius 3 is 2.50 bits per heavy atom. The first-order valence-electron chi connectivity index (χ1n) is 9.07. The van der Waals surface area contributed by atoms with E-state index in [1.54, 1.807) is 12.2 Å². The van der Waals surface area contributed by atoms with E-state index in [2.05, 4.69) is 45.1 Å². The van der Waals surface area contributed by atoms with Crippen LogP contribution in [0.5, 0.6) is 0 Å². The van der Waals surface area contributed by atoms with Gasteiger partial charge in [-0.15, -0.1) is 13.2 Å². The van der Waals surface area contributed by atoms with Crippen LogP contribution in [0.1, 0.15) is 11.1 Å². The fourth-order valence-electron chi connectivity index (χ4n) is 3.87. The van der Waals surface area contributed by atoms with Crippen LogP contribution in [-0.4, -0.2) is 28.0 Å². The molecule has 0 aliphatic heterocycles. The van der Waals surface area contributed by atoms with Crippen LogP contribution in [0.3, 0.4) is 0 Å². The minimum absolute atomic E-state index is 0.138. The summed E-state index contributed by atoms with van der Waals surface area (Å²) in [5.41, 5.74) is 4.50. The van der Waals surface area contributed by atoms with Gasteiger partial charge in [0.2, 0.25) is 5.95 Å². The topological polar surface area (TPSA) is 64.8 Å². The number of H-pyrrole nitrogens is 2. The molecule has 2 heterocycles. The summed E-state index contributed by atoms with van der Waals surface area (Å²) in [5, 5.41) is 2.84. The number of benzene rings is 2. The van der Waals surface area contributed by atoms with Gasteiger partial charge in [0.25, 0.3) is 5.56 Å². The van der Waals surface area contributed by atoms with Crippen molar-refractivity contribution < 1.29 is 0 Å². The van der Waals surface area contributed by atoms with Crippen LogP contribution in [0.2, 0.25) is 0 Å². The summed E-state index contributed by atoms with van der Waals surface area (Å²) in [6, 6.07) is 6.15. The number of anilines is 1. The Balaban J connectivity index is 2.13. The fraction of sp³-hybridized carbons (Fsp3) is 0.182. The van der Waals surface area contributed by atoms with E-state index in [4.69, 9.17) is 4.98 Å². The molecule has 2 aromatic carbocycles. The molecule has 0 saturated heterocycles. The highest BCUT2D eigenvalue weighted by Gasteiger charge is 2.19. The predicted molar refractivity (Wildman–Crippen MR) is 122 cm³/mol. The lowest BCUT2D eigenvalue weighted by atomic mass is 10.00. The Kier molecular flexibility index (Phi) is 4.59. The number of halogens is 1. The molecule has 0 bridgehead atoms. The van der Waals surface area contributed by atoms with Crippen molar-refractivity contribution in [1.82, 2.24) is 15.0 Å². The van der Waals surface area contributed by atoms with Crippen molar-refractivity contribution >= 4 is 54.6 Å². The Morgan fingerprint density at radius 1 is 1.11 bits per heavy atom. The molecule has 4 aromatic rings. The molecule has 5 nitrogen and oxygen atoms in total. The molecule has 0 atom stereocenters. The molecule has 0 spiro atoms. The molecule has 6 heteroatoms. The van der Waals surface area contributed by atoms with Crippen molar-refractivity contribution in [2.45, 2.75) is 13.8 Å². The molecule has 0 amide bonds. The second-order valence-electron chi connectivity index (χ2n) is 6.91. The van der Waals surface area contributed by atoms with Gasteiger partial charge in [-0.2, -0.15) is 0 Å². The maximum atomic E-state index is 13.0. The number of aromatic amines is 2. The summed E-state index contributed by atoms with van der Waals surface area (Å²) in [6.07, 6.45) is 3.57. The van der Waals surface area contributed by atoms with Gasteiger partial charge in [0, 0.05) is 33.9 Å². The van der Waals surface area contributed by atoms with Crippen molar-refractivity contribution in [1.29, 1.82) is 0 Å². The lowest BCUT2D eigenvalue weighted by Crippen LogP contribution is -2.28. The number of nitrogens with zero attached hydrogens (tertiary/aromatic N) is 2. The Hall–Kier alpha value is -2.86. The van der Waals surface area contributed by atoms with E-state index in [0.717, 1.165) is 42.9 Å². The van der Waals surface area contributed by atoms with Gasteiger partial charge in [-0.05, 0) is 43.2 Å². The van der Waals surface area contributed by atoms with Crippen LogP contribution in [-0.2, 0) is 0 Å². The SMILES string of the molecule is C=CCN(CC=C)c1nc2c(C)c3c([nH]c4ccc(Br)cc43)c(C)c2c(=O)[nH]1. The summed E-state index contributed by atoms with van der Waals surface area (Å²) in [7, 11) is 0. The quantitative estimate of drug-likeness (QED) is 0.426. The van der Waals surface area contributed by atoms with E-state index in [0.29, 0.717) is 24.4 Å². The molecule has 0 aliphatic rings. The molecule has 2 N–H and O–H groups in total. The van der Waals surface area contributed by atoms with Gasteiger partial charge in [0.15, 0.2) is 0 Å². The highest BCUT2D eigenvalue weighted by molar-refractivity contribution is 9.10. The first-order valence-corrected chi connectivity index (χ1v) is 9.86. The van der Waals surface area contributed by atoms with E-state index in [1.807, 2.05) is 30.9 Å². The van der Waals surface area contributed by atoms with E-state index >= 15 is 0 Å². The third kappa shape index (κ3) is 2.76. The largest absolute Gasteiger partial charge is 0.354 e. The highest BCUT2D eigenvalue weighted by atomic mass is 79.9. The number of hydrogen-bond acceptors (Lipinski definition) is 3. The van der Waals surface area contributed by atoms with Crippen LogP contribution < -0.4 is 10.5 Å². The molecular weight excluding hydrogens is 416 g/mol. The van der Waals surface area contributed by atoms with Crippen LogP contribution in [0.15, 0.2) is 52.8 Å². The first kappa shape index (κ1) is 18.5. The van der Waals surface area contributed by atoms with E-state index < -0.39 is 0 Å². The zero-order valence-electron chi connectivity index (χ0n) is 15.9. The summed E-state index contributed by atoms with van der Waals surface area (Å²) in [4.78, 5) is 26.2. The van der Waals surface area contributed by atoms with Crippen molar-refractivity contribution in [3.63, 3.8) is 0 Å². The number of fused-ring (bicyclic) bond motifs is 4. The van der Waals surface area contributed by atoms with Crippen molar-refractivity contribution in [3.8, 4) is 0 Å². The third-order valence-corrected chi connectivity index (χ3v) is 5.64. The van der Waals surface area contributed by atoms with Gasteiger partial charge in [-0.3, -0.25) is 9.78 Å². The minimum atomic E-state index is -0.138. The second-order valence-corrected chi connectivity index (χ2v) is 7.83.